The fourth-order valence-electron chi connectivity index (χ4n) is 1.80. The highest BCUT2D eigenvalue weighted by Crippen LogP contribution is 2.18. The maximum absolute atomic E-state index is 9.19. The molecule has 18 heavy (non-hydrogen) atoms. The number of aryl methyl sites for hydroxylation is 2. The SMILES string of the molecule is CCc1cc(CC)n(-c2ccc(Cl)c(CO)n2)n1. The summed E-state index contributed by atoms with van der Waals surface area (Å²) in [6.45, 7) is 3.98. The maximum atomic E-state index is 9.19. The molecule has 2 rings (SSSR count). The Hall–Kier alpha value is -1.39. The Morgan fingerprint density at radius 3 is 2.67 bits per heavy atom. The summed E-state index contributed by atoms with van der Waals surface area (Å²) in [5.41, 5.74) is 2.62. The van der Waals surface area contributed by atoms with Gasteiger partial charge in [0.25, 0.3) is 0 Å². The van der Waals surface area contributed by atoms with Gasteiger partial charge in [0.15, 0.2) is 5.82 Å². The number of aliphatic hydroxyl groups excluding tert-OH is 1. The Bertz CT molecular complexity index is 551. The average molecular weight is 266 g/mol. The summed E-state index contributed by atoms with van der Waals surface area (Å²) in [4.78, 5) is 4.34. The van der Waals surface area contributed by atoms with Crippen molar-refractivity contribution in [3.05, 3.63) is 40.3 Å². The van der Waals surface area contributed by atoms with Crippen LogP contribution in [0, 0.1) is 0 Å². The molecule has 0 spiro atoms. The number of hydrogen-bond donors (Lipinski definition) is 1. The summed E-state index contributed by atoms with van der Waals surface area (Å²) >= 11 is 5.94. The molecular weight excluding hydrogens is 250 g/mol. The first-order valence-electron chi connectivity index (χ1n) is 6.04. The highest BCUT2D eigenvalue weighted by Gasteiger charge is 2.10. The van der Waals surface area contributed by atoms with Crippen LogP contribution in [0.5, 0.6) is 0 Å². The lowest BCUT2D eigenvalue weighted by Gasteiger charge is -2.07. The van der Waals surface area contributed by atoms with Gasteiger partial charge in [0.1, 0.15) is 0 Å². The van der Waals surface area contributed by atoms with Crippen LogP contribution in [-0.4, -0.2) is 19.9 Å². The number of aromatic nitrogens is 3. The quantitative estimate of drug-likeness (QED) is 0.924. The molecule has 2 aromatic heterocycles. The molecule has 0 atom stereocenters. The van der Waals surface area contributed by atoms with E-state index in [1.165, 1.54) is 0 Å². The molecule has 2 heterocycles. The van der Waals surface area contributed by atoms with E-state index in [0.717, 1.165) is 24.2 Å². The molecule has 4 nitrogen and oxygen atoms in total. The van der Waals surface area contributed by atoms with Crippen LogP contribution >= 0.6 is 11.6 Å². The minimum atomic E-state index is -0.171. The molecule has 0 aliphatic heterocycles. The van der Waals surface area contributed by atoms with Gasteiger partial charge in [-0.15, -0.1) is 0 Å². The molecule has 0 amide bonds. The highest BCUT2D eigenvalue weighted by atomic mass is 35.5. The predicted octanol–water partition coefficient (Wildman–Crippen LogP) is 2.54. The van der Waals surface area contributed by atoms with Gasteiger partial charge in [0, 0.05) is 5.69 Å². The molecular formula is C13H16ClN3O. The van der Waals surface area contributed by atoms with Gasteiger partial charge in [-0.25, -0.2) is 9.67 Å². The molecule has 0 radical (unpaired) electrons. The maximum Gasteiger partial charge on any atom is 0.154 e. The van der Waals surface area contributed by atoms with Crippen molar-refractivity contribution < 1.29 is 5.11 Å². The lowest BCUT2D eigenvalue weighted by molar-refractivity contribution is 0.277. The largest absolute Gasteiger partial charge is 0.390 e. The molecule has 2 aromatic rings. The van der Waals surface area contributed by atoms with Crippen LogP contribution in [0.15, 0.2) is 18.2 Å². The third-order valence-corrected chi connectivity index (χ3v) is 3.17. The lowest BCUT2D eigenvalue weighted by atomic mass is 10.2. The average Bonchev–Trinajstić information content (AvgIpc) is 2.82. The van der Waals surface area contributed by atoms with Gasteiger partial charge in [-0.2, -0.15) is 5.10 Å². The number of nitrogens with zero attached hydrogens (tertiary/aromatic N) is 3. The molecule has 0 unspecified atom stereocenters. The molecule has 0 saturated carbocycles. The third-order valence-electron chi connectivity index (χ3n) is 2.83. The Morgan fingerprint density at radius 2 is 2.06 bits per heavy atom. The van der Waals surface area contributed by atoms with Crippen LogP contribution in [0.25, 0.3) is 5.82 Å². The second-order valence-corrected chi connectivity index (χ2v) is 4.41. The van der Waals surface area contributed by atoms with Crippen LogP contribution in [0.3, 0.4) is 0 Å². The van der Waals surface area contributed by atoms with Crippen molar-refractivity contribution in [3.63, 3.8) is 0 Å². The van der Waals surface area contributed by atoms with Crippen LogP contribution in [-0.2, 0) is 19.4 Å². The van der Waals surface area contributed by atoms with Crippen molar-refractivity contribution in [2.45, 2.75) is 33.3 Å². The van der Waals surface area contributed by atoms with Gasteiger partial charge in [-0.3, -0.25) is 0 Å². The van der Waals surface area contributed by atoms with Crippen molar-refractivity contribution in [2.24, 2.45) is 0 Å². The second-order valence-electron chi connectivity index (χ2n) is 4.00. The standard InChI is InChI=1S/C13H16ClN3O/c1-3-9-7-10(4-2)17(16-9)13-6-5-11(14)12(8-18)15-13/h5-7,18H,3-4,8H2,1-2H3. The van der Waals surface area contributed by atoms with E-state index in [-0.39, 0.29) is 6.61 Å². The van der Waals surface area contributed by atoms with E-state index in [1.807, 2.05) is 10.7 Å². The Kier molecular flexibility index (Phi) is 3.99. The summed E-state index contributed by atoms with van der Waals surface area (Å²) in [5, 5.41) is 14.2. The normalized spacial score (nSPS) is 10.9. The van der Waals surface area contributed by atoms with Crippen LogP contribution in [0.4, 0.5) is 0 Å². The fourth-order valence-corrected chi connectivity index (χ4v) is 1.96. The zero-order chi connectivity index (χ0) is 13.1. The highest BCUT2D eigenvalue weighted by molar-refractivity contribution is 6.31. The predicted molar refractivity (Wildman–Crippen MR) is 71.0 cm³/mol. The Morgan fingerprint density at radius 1 is 1.28 bits per heavy atom. The second kappa shape index (κ2) is 5.50. The molecule has 1 N–H and O–H groups in total. The lowest BCUT2D eigenvalue weighted by Crippen LogP contribution is -2.06. The topological polar surface area (TPSA) is 50.9 Å². The van der Waals surface area contributed by atoms with E-state index in [2.05, 4.69) is 30.0 Å². The first-order valence-corrected chi connectivity index (χ1v) is 6.41. The van der Waals surface area contributed by atoms with E-state index in [9.17, 15) is 5.11 Å². The summed E-state index contributed by atoms with van der Waals surface area (Å²) in [5.74, 6) is 0.694. The van der Waals surface area contributed by atoms with Gasteiger partial charge in [0.05, 0.1) is 23.0 Å². The van der Waals surface area contributed by atoms with Crippen molar-refractivity contribution in [1.82, 2.24) is 14.8 Å². The van der Waals surface area contributed by atoms with Gasteiger partial charge < -0.3 is 5.11 Å². The van der Waals surface area contributed by atoms with E-state index >= 15 is 0 Å². The Balaban J connectivity index is 2.50. The first-order chi connectivity index (χ1) is 8.69. The van der Waals surface area contributed by atoms with Crippen LogP contribution < -0.4 is 0 Å². The molecule has 5 heteroatoms. The third kappa shape index (κ3) is 2.40. The molecule has 0 aliphatic rings. The number of aliphatic hydroxyl groups is 1. The molecule has 96 valence electrons. The Labute approximate surface area is 111 Å². The van der Waals surface area contributed by atoms with Gasteiger partial charge in [0.2, 0.25) is 0 Å². The number of pyridine rings is 1. The van der Waals surface area contributed by atoms with Crippen molar-refractivity contribution in [2.75, 3.05) is 0 Å². The molecule has 0 aliphatic carbocycles. The van der Waals surface area contributed by atoms with Gasteiger partial charge in [-0.05, 0) is 31.0 Å². The van der Waals surface area contributed by atoms with Crippen LogP contribution in [0.1, 0.15) is 30.9 Å². The fraction of sp³-hybridized carbons (Fsp3) is 0.385. The number of rotatable bonds is 4. The minimum Gasteiger partial charge on any atom is -0.390 e. The van der Waals surface area contributed by atoms with Crippen molar-refractivity contribution in [3.8, 4) is 5.82 Å². The summed E-state index contributed by atoms with van der Waals surface area (Å²) in [6, 6.07) is 5.63. The first kappa shape index (κ1) is 13.1. The van der Waals surface area contributed by atoms with E-state index < -0.39 is 0 Å². The minimum absolute atomic E-state index is 0.171. The summed E-state index contributed by atoms with van der Waals surface area (Å²) in [7, 11) is 0. The molecule has 0 fully saturated rings. The van der Waals surface area contributed by atoms with Gasteiger partial charge >= 0.3 is 0 Å². The van der Waals surface area contributed by atoms with Crippen LogP contribution in [0.2, 0.25) is 5.02 Å². The van der Waals surface area contributed by atoms with Crippen molar-refractivity contribution in [1.29, 1.82) is 0 Å². The number of hydrogen-bond acceptors (Lipinski definition) is 3. The summed E-state index contributed by atoms with van der Waals surface area (Å²) < 4.78 is 1.81. The molecule has 0 bridgehead atoms. The van der Waals surface area contributed by atoms with Gasteiger partial charge in [-0.1, -0.05) is 25.4 Å². The van der Waals surface area contributed by atoms with E-state index in [1.54, 1.807) is 6.07 Å². The number of halogens is 1. The molecule has 0 aromatic carbocycles. The van der Waals surface area contributed by atoms with Crippen molar-refractivity contribution >= 4 is 11.6 Å². The monoisotopic (exact) mass is 265 g/mol. The molecule has 0 saturated heterocycles. The summed E-state index contributed by atoms with van der Waals surface area (Å²) in [6.07, 6.45) is 1.77. The van der Waals surface area contributed by atoms with E-state index in [0.29, 0.717) is 16.5 Å². The smallest absolute Gasteiger partial charge is 0.154 e. The van der Waals surface area contributed by atoms with E-state index in [4.69, 9.17) is 11.6 Å². The zero-order valence-corrected chi connectivity index (χ0v) is 11.3. The zero-order valence-electron chi connectivity index (χ0n) is 10.5.